The van der Waals surface area contributed by atoms with Crippen molar-refractivity contribution in [1.29, 1.82) is 0 Å². The number of fused-ring (bicyclic) bond motifs is 1. The average Bonchev–Trinajstić information content (AvgIpc) is 2.96. The first-order valence-electron chi connectivity index (χ1n) is 13.1. The van der Waals surface area contributed by atoms with Crippen LogP contribution in [0.5, 0.6) is 0 Å². The number of alkyl halides is 3. The maximum absolute atomic E-state index is 14.0. The summed E-state index contributed by atoms with van der Waals surface area (Å²) in [7, 11) is 3.46. The number of hydrogen-bond acceptors (Lipinski definition) is 5. The molecule has 0 aliphatic carbocycles. The Balaban J connectivity index is 1.35. The Kier molecular flexibility index (Phi) is 7.92. The third-order valence-electron chi connectivity index (χ3n) is 7.11. The lowest BCUT2D eigenvalue weighted by Crippen LogP contribution is -2.44. The molecule has 4 aromatic rings. The van der Waals surface area contributed by atoms with E-state index in [0.717, 1.165) is 24.5 Å². The highest BCUT2D eigenvalue weighted by Crippen LogP contribution is 2.35. The smallest absolute Gasteiger partial charge is 0.311 e. The minimum absolute atomic E-state index is 0.154. The topological polar surface area (TPSA) is 72.5 Å². The van der Waals surface area contributed by atoms with Gasteiger partial charge < -0.3 is 14.8 Å². The van der Waals surface area contributed by atoms with Gasteiger partial charge in [0.1, 0.15) is 5.65 Å². The Bertz CT molecular complexity index is 1710. The molecule has 7 nitrogen and oxygen atoms in total. The van der Waals surface area contributed by atoms with Crippen molar-refractivity contribution in [2.24, 2.45) is 0 Å². The molecular weight excluding hydrogens is 531 g/mol. The molecule has 1 aliphatic rings. The fourth-order valence-electron chi connectivity index (χ4n) is 4.71. The molecule has 0 unspecified atom stereocenters. The number of aromatic nitrogens is 2. The molecule has 0 atom stereocenters. The monoisotopic (exact) mass is 559 g/mol. The van der Waals surface area contributed by atoms with Gasteiger partial charge in [0.25, 0.3) is 5.91 Å². The van der Waals surface area contributed by atoms with Crippen molar-refractivity contribution in [2.75, 3.05) is 45.2 Å². The molecule has 10 heteroatoms. The Morgan fingerprint density at radius 2 is 1.76 bits per heavy atom. The van der Waals surface area contributed by atoms with Crippen LogP contribution in [0.3, 0.4) is 0 Å². The predicted octanol–water partition coefficient (Wildman–Crippen LogP) is 4.37. The molecule has 0 saturated carbocycles. The van der Waals surface area contributed by atoms with E-state index in [1.165, 1.54) is 24.1 Å². The van der Waals surface area contributed by atoms with Gasteiger partial charge in [-0.2, -0.15) is 13.2 Å². The second-order valence-corrected chi connectivity index (χ2v) is 10.1. The molecule has 41 heavy (non-hydrogen) atoms. The van der Waals surface area contributed by atoms with E-state index in [-0.39, 0.29) is 23.4 Å². The molecule has 5 rings (SSSR count). The maximum Gasteiger partial charge on any atom is 0.416 e. The minimum atomic E-state index is -4.55. The van der Waals surface area contributed by atoms with E-state index in [9.17, 15) is 22.8 Å². The zero-order valence-electron chi connectivity index (χ0n) is 22.6. The van der Waals surface area contributed by atoms with Crippen LogP contribution in [0, 0.1) is 11.8 Å². The van der Waals surface area contributed by atoms with E-state index in [4.69, 9.17) is 0 Å². The molecule has 0 radical (unpaired) electrons. The zero-order valence-corrected chi connectivity index (χ0v) is 22.6. The van der Waals surface area contributed by atoms with Crippen molar-refractivity contribution in [3.8, 4) is 11.8 Å². The largest absolute Gasteiger partial charge is 0.416 e. The van der Waals surface area contributed by atoms with E-state index in [0.29, 0.717) is 35.4 Å². The highest BCUT2D eigenvalue weighted by Gasteiger charge is 2.34. The van der Waals surface area contributed by atoms with Crippen LogP contribution >= 0.6 is 0 Å². The van der Waals surface area contributed by atoms with Crippen molar-refractivity contribution in [3.63, 3.8) is 0 Å². The number of carbonyl (C=O) groups excluding carboxylic acids is 1. The van der Waals surface area contributed by atoms with Crippen LogP contribution in [-0.4, -0.2) is 65.9 Å². The fourth-order valence-corrected chi connectivity index (χ4v) is 4.71. The zero-order chi connectivity index (χ0) is 29.1. The number of amides is 1. The quantitative estimate of drug-likeness (QED) is 0.376. The Morgan fingerprint density at radius 3 is 2.51 bits per heavy atom. The van der Waals surface area contributed by atoms with Crippen LogP contribution in [0.15, 0.2) is 71.7 Å². The summed E-state index contributed by atoms with van der Waals surface area (Å²) < 4.78 is 42.1. The number of H-pyrrole nitrogens is 1. The van der Waals surface area contributed by atoms with Gasteiger partial charge in [-0.25, -0.2) is 4.98 Å². The third kappa shape index (κ3) is 6.65. The van der Waals surface area contributed by atoms with Crippen LogP contribution < -0.4 is 10.5 Å². The van der Waals surface area contributed by atoms with Crippen LogP contribution in [0.25, 0.3) is 11.0 Å². The number of likely N-dealkylation sites (N-methyl/N-ethyl adjacent to an activating group) is 1. The second-order valence-electron chi connectivity index (χ2n) is 10.1. The Hall–Kier alpha value is -4.46. The summed E-state index contributed by atoms with van der Waals surface area (Å²) in [5.41, 5.74) is 1.30. The molecular formula is C31H28F3N5O2. The molecule has 210 valence electrons. The SMILES string of the molecule is CN1CCN(Cc2ccc(N(C)C(=O)c3cccc(C#Cc4cnc5[nH]c(=O)ccc5c4)c3)cc2C(F)(F)F)CC1. The summed E-state index contributed by atoms with van der Waals surface area (Å²) in [6.45, 7) is 3.21. The lowest BCUT2D eigenvalue weighted by atomic mass is 10.0. The van der Waals surface area contributed by atoms with Gasteiger partial charge in [-0.15, -0.1) is 0 Å². The number of nitrogens with one attached hydrogen (secondary N) is 1. The van der Waals surface area contributed by atoms with Crippen molar-refractivity contribution in [2.45, 2.75) is 12.7 Å². The minimum Gasteiger partial charge on any atom is -0.311 e. The summed E-state index contributed by atoms with van der Waals surface area (Å²) in [4.78, 5) is 37.0. The van der Waals surface area contributed by atoms with Gasteiger partial charge in [-0.1, -0.05) is 24.0 Å². The number of rotatable bonds is 4. The van der Waals surface area contributed by atoms with Crippen LogP contribution in [0.1, 0.15) is 32.6 Å². The molecule has 2 aromatic carbocycles. The highest BCUT2D eigenvalue weighted by molar-refractivity contribution is 6.06. The molecule has 1 aliphatic heterocycles. The van der Waals surface area contributed by atoms with Gasteiger partial charge in [0.2, 0.25) is 5.56 Å². The summed E-state index contributed by atoms with van der Waals surface area (Å²) in [6.07, 6.45) is -3.01. The molecule has 1 N–H and O–H groups in total. The van der Waals surface area contributed by atoms with Crippen molar-refractivity contribution in [3.05, 3.63) is 105 Å². The number of anilines is 1. The van der Waals surface area contributed by atoms with Gasteiger partial charge in [0.15, 0.2) is 0 Å². The normalized spacial score (nSPS) is 14.5. The first kappa shape index (κ1) is 28.1. The van der Waals surface area contributed by atoms with Gasteiger partial charge in [0, 0.05) is 79.8 Å². The maximum atomic E-state index is 14.0. The first-order valence-corrected chi connectivity index (χ1v) is 13.1. The van der Waals surface area contributed by atoms with Crippen LogP contribution in [0.4, 0.5) is 18.9 Å². The first-order chi connectivity index (χ1) is 19.6. The standard InChI is InChI=1S/C31H28F3N5O2/c1-37-12-14-39(15-13-37)20-25-8-10-26(18-27(25)31(32,33)34)38(2)30(41)24-5-3-4-21(16-24)6-7-22-17-23-9-11-28(40)36-29(23)35-19-22/h3-5,8-11,16-19H,12-15,20H2,1-2H3,(H,35,36,40). The van der Waals surface area contributed by atoms with E-state index in [1.807, 2.05) is 11.9 Å². The fraction of sp³-hybridized carbons (Fsp3) is 0.258. The Morgan fingerprint density at radius 1 is 1.00 bits per heavy atom. The molecule has 1 fully saturated rings. The van der Waals surface area contributed by atoms with E-state index in [2.05, 4.69) is 26.7 Å². The molecule has 1 amide bonds. The van der Waals surface area contributed by atoms with Gasteiger partial charge >= 0.3 is 6.18 Å². The summed E-state index contributed by atoms with van der Waals surface area (Å²) in [5.74, 6) is 5.55. The predicted molar refractivity (Wildman–Crippen MR) is 152 cm³/mol. The average molecular weight is 560 g/mol. The van der Waals surface area contributed by atoms with Gasteiger partial charge in [0.05, 0.1) is 5.56 Å². The summed E-state index contributed by atoms with van der Waals surface area (Å²) >= 11 is 0. The Labute approximate surface area is 235 Å². The lowest BCUT2D eigenvalue weighted by molar-refractivity contribution is -0.138. The summed E-state index contributed by atoms with van der Waals surface area (Å²) in [6, 6.07) is 15.5. The highest BCUT2D eigenvalue weighted by atomic mass is 19.4. The number of halogens is 3. The van der Waals surface area contributed by atoms with Crippen molar-refractivity contribution < 1.29 is 18.0 Å². The number of piperazine rings is 1. The van der Waals surface area contributed by atoms with Crippen LogP contribution in [-0.2, 0) is 12.7 Å². The second kappa shape index (κ2) is 11.6. The van der Waals surface area contributed by atoms with E-state index < -0.39 is 17.6 Å². The van der Waals surface area contributed by atoms with Crippen molar-refractivity contribution in [1.82, 2.24) is 19.8 Å². The number of nitrogens with zero attached hydrogens (tertiary/aromatic N) is 4. The van der Waals surface area contributed by atoms with E-state index >= 15 is 0 Å². The number of hydrogen-bond donors (Lipinski definition) is 1. The van der Waals surface area contributed by atoms with Crippen molar-refractivity contribution >= 4 is 22.6 Å². The van der Waals surface area contributed by atoms with E-state index in [1.54, 1.807) is 48.7 Å². The molecule has 0 bridgehead atoms. The molecule has 3 heterocycles. The number of benzene rings is 2. The molecule has 0 spiro atoms. The molecule has 1 saturated heterocycles. The number of carbonyl (C=O) groups is 1. The number of pyridine rings is 2. The van der Waals surface area contributed by atoms with Gasteiger partial charge in [-0.3, -0.25) is 14.5 Å². The number of aromatic amines is 1. The summed E-state index contributed by atoms with van der Waals surface area (Å²) in [5, 5.41) is 0.731. The van der Waals surface area contributed by atoms with Gasteiger partial charge in [-0.05, 0) is 55.1 Å². The molecule has 2 aromatic heterocycles. The van der Waals surface area contributed by atoms with Crippen LogP contribution in [0.2, 0.25) is 0 Å². The third-order valence-corrected chi connectivity index (χ3v) is 7.11. The lowest BCUT2D eigenvalue weighted by Gasteiger charge is -2.33.